The molecule has 4 aromatic carbocycles. The summed E-state index contributed by atoms with van der Waals surface area (Å²) in [6, 6.07) is 23.1. The molecule has 7 aliphatic rings. The van der Waals surface area contributed by atoms with E-state index in [9.17, 15) is 43.4 Å². The maximum absolute atomic E-state index is 14.2. The highest BCUT2D eigenvalue weighted by Crippen LogP contribution is 2.65. The minimum absolute atomic E-state index is 0.0248. The first-order valence-electron chi connectivity index (χ1n) is 20.6. The molecule has 3 heterocycles. The van der Waals surface area contributed by atoms with Crippen LogP contribution < -0.4 is 21.2 Å². The fraction of sp³-hybridized carbons (Fsp3) is 0.143. The fourth-order valence-electron chi connectivity index (χ4n) is 8.87. The zero-order valence-corrected chi connectivity index (χ0v) is 37.0. The topological polar surface area (TPSA) is 200 Å². The van der Waals surface area contributed by atoms with E-state index in [0.717, 1.165) is 25.7 Å². The van der Waals surface area contributed by atoms with Crippen LogP contribution in [0.3, 0.4) is 0 Å². The molecule has 320 valence electrons. The molecule has 0 radical (unpaired) electrons. The van der Waals surface area contributed by atoms with E-state index in [4.69, 9.17) is 0 Å². The number of aromatic hydroxyl groups is 3. The molecule has 0 bridgehead atoms. The van der Waals surface area contributed by atoms with Gasteiger partial charge in [0.05, 0.1) is 34.2 Å². The van der Waals surface area contributed by atoms with E-state index < -0.39 is 21.4 Å². The Morgan fingerprint density at radius 1 is 0.500 bits per heavy atom. The van der Waals surface area contributed by atoms with Crippen LogP contribution in [0.4, 0.5) is 17.1 Å². The van der Waals surface area contributed by atoms with Gasteiger partial charge in [0.25, 0.3) is 0 Å². The number of allylic oxidation sites excluding steroid dienone is 12. The number of ketones is 3. The molecule has 4 aromatic rings. The van der Waals surface area contributed by atoms with Crippen molar-refractivity contribution in [1.82, 2.24) is 0 Å². The van der Waals surface area contributed by atoms with Gasteiger partial charge in [-0.3, -0.25) is 14.4 Å². The van der Waals surface area contributed by atoms with Crippen LogP contribution in [-0.2, 0) is 28.1 Å². The Morgan fingerprint density at radius 2 is 0.938 bits per heavy atom. The van der Waals surface area contributed by atoms with E-state index in [0.29, 0.717) is 71.4 Å². The predicted molar refractivity (Wildman–Crippen MR) is 253 cm³/mol. The van der Waals surface area contributed by atoms with Crippen molar-refractivity contribution in [3.05, 3.63) is 156 Å². The van der Waals surface area contributed by atoms with Crippen LogP contribution in [0.2, 0.25) is 0 Å². The number of phenolic OH excluding ortho intramolecular Hbond substituents is 3. The lowest BCUT2D eigenvalue weighted by Crippen LogP contribution is -2.28. The van der Waals surface area contributed by atoms with Crippen LogP contribution >= 0.6 is 21.4 Å². The molecule has 3 atom stereocenters. The Balaban J connectivity index is 0.000000123. The highest BCUT2D eigenvalue weighted by atomic mass is 31.2. The molecule has 11 rings (SSSR count). The second-order valence-electron chi connectivity index (χ2n) is 16.1. The number of hydrogen-bond acceptors (Lipinski definition) is 12. The molecule has 0 spiro atoms. The van der Waals surface area contributed by atoms with Crippen LogP contribution in [0.5, 0.6) is 17.2 Å². The van der Waals surface area contributed by atoms with E-state index in [1.165, 1.54) is 67.1 Å². The zero-order chi connectivity index (χ0) is 45.0. The number of fused-ring (bicyclic) bond motifs is 6. The van der Waals surface area contributed by atoms with Gasteiger partial charge in [0.1, 0.15) is 24.4 Å². The average molecular weight is 908 g/mol. The van der Waals surface area contributed by atoms with E-state index >= 15 is 0 Å². The number of nitrogens with zero attached hydrogens (tertiary/aromatic N) is 3. The van der Waals surface area contributed by atoms with E-state index in [-0.39, 0.29) is 40.3 Å². The standard InChI is InChI=1S/C18H18NO3P.C18H12NO3P.C13H10NO3P/c2*20-12-6-8-15-17(10-12)23(22,14-4-2-1-3-5-14)18-11-13(21)7-9-16(18)19-15;1-18(17)12-6-8(15)2-4-10(12)14-11-5-3-9(16)7-13(11)18/h6-11,14,20H,1-5H2;1-11,20H;2-7,15H,1H3. The molecule has 12 nitrogen and oxygen atoms in total. The number of phenols is 3. The van der Waals surface area contributed by atoms with Crippen molar-refractivity contribution in [2.75, 3.05) is 6.66 Å². The predicted octanol–water partition coefficient (Wildman–Crippen LogP) is 8.76. The normalized spacial score (nSPS) is 24.7. The summed E-state index contributed by atoms with van der Waals surface area (Å²) >= 11 is 0. The Morgan fingerprint density at radius 3 is 1.50 bits per heavy atom. The van der Waals surface area contributed by atoms with Crippen molar-refractivity contribution in [2.45, 2.75) is 37.8 Å². The van der Waals surface area contributed by atoms with Crippen LogP contribution in [-0.4, -0.2) is 62.1 Å². The zero-order valence-electron chi connectivity index (χ0n) is 34.4. The summed E-state index contributed by atoms with van der Waals surface area (Å²) in [6.07, 6.45) is 18.5. The lowest BCUT2D eigenvalue weighted by Gasteiger charge is -2.36. The maximum atomic E-state index is 14.2. The van der Waals surface area contributed by atoms with Gasteiger partial charge in [0.15, 0.2) is 31.6 Å². The molecule has 3 aliphatic heterocycles. The molecule has 1 fully saturated rings. The first-order chi connectivity index (χ1) is 30.7. The molecule has 3 unspecified atom stereocenters. The Kier molecular flexibility index (Phi) is 11.0. The Labute approximate surface area is 368 Å². The fourth-order valence-corrected chi connectivity index (χ4v) is 17.6. The van der Waals surface area contributed by atoms with Gasteiger partial charge in [-0.05, 0) is 129 Å². The molecule has 15 heteroatoms. The lowest BCUT2D eigenvalue weighted by molar-refractivity contribution is -0.111. The van der Waals surface area contributed by atoms with Crippen LogP contribution in [0.25, 0.3) is 0 Å². The molecular weight excluding hydrogens is 867 g/mol. The third-order valence-electron chi connectivity index (χ3n) is 12.0. The smallest absolute Gasteiger partial charge is 0.179 e. The van der Waals surface area contributed by atoms with Gasteiger partial charge in [-0.15, -0.1) is 0 Å². The summed E-state index contributed by atoms with van der Waals surface area (Å²) in [5.74, 6) is -0.367. The van der Waals surface area contributed by atoms with Gasteiger partial charge in [-0.1, -0.05) is 49.6 Å². The van der Waals surface area contributed by atoms with E-state index in [1.54, 1.807) is 67.4 Å². The van der Waals surface area contributed by atoms with E-state index in [1.807, 2.05) is 18.2 Å². The van der Waals surface area contributed by atoms with Crippen LogP contribution in [0.15, 0.2) is 171 Å². The Bertz CT molecular complexity index is 3180. The summed E-state index contributed by atoms with van der Waals surface area (Å²) in [4.78, 5) is 48.5. The molecule has 1 saturated carbocycles. The highest BCUT2D eigenvalue weighted by molar-refractivity contribution is 7.84. The van der Waals surface area contributed by atoms with Gasteiger partial charge < -0.3 is 29.0 Å². The van der Waals surface area contributed by atoms with Crippen LogP contribution in [0.1, 0.15) is 32.1 Å². The monoisotopic (exact) mass is 907 g/mol. The summed E-state index contributed by atoms with van der Waals surface area (Å²) in [6.45, 7) is 1.60. The summed E-state index contributed by atoms with van der Waals surface area (Å²) in [5, 5.41) is 32.9. The first-order valence-corrected chi connectivity index (χ1v) is 26.2. The molecule has 0 saturated heterocycles. The molecule has 4 aliphatic carbocycles. The molecule has 0 aromatic heterocycles. The van der Waals surface area contributed by atoms with Gasteiger partial charge in [0.2, 0.25) is 0 Å². The first kappa shape index (κ1) is 42.7. The van der Waals surface area contributed by atoms with Gasteiger partial charge in [-0.25, -0.2) is 15.0 Å². The number of hydrogen-bond donors (Lipinski definition) is 3. The van der Waals surface area contributed by atoms with Crippen molar-refractivity contribution in [2.24, 2.45) is 15.0 Å². The van der Waals surface area contributed by atoms with Crippen molar-refractivity contribution in [3.63, 3.8) is 0 Å². The maximum Gasteiger partial charge on any atom is 0.179 e. The third-order valence-corrected chi connectivity index (χ3v) is 21.3. The second-order valence-corrected chi connectivity index (χ2v) is 24.6. The largest absolute Gasteiger partial charge is 0.508 e. The minimum atomic E-state index is -3.25. The minimum Gasteiger partial charge on any atom is -0.508 e. The van der Waals surface area contributed by atoms with Crippen LogP contribution in [0, 0.1) is 0 Å². The van der Waals surface area contributed by atoms with Gasteiger partial charge in [-0.2, -0.15) is 0 Å². The SMILES string of the molecule is CP1(=O)C2=CC(=O)C=CC2=Nc2ccc(O)cc21.O=C1C=CC2=Nc3ccc(O)cc3P(=O)(C3CCCCC3)C2=C1.O=C1C=CC2=Nc3ccc(O)cc3P(=O)(c3ccccc3)C2=C1. The summed E-state index contributed by atoms with van der Waals surface area (Å²) in [5.41, 5.74) is 3.58. The highest BCUT2D eigenvalue weighted by Gasteiger charge is 2.45. The molecule has 0 amide bonds. The molecule has 3 N–H and O–H groups in total. The van der Waals surface area contributed by atoms with Crippen molar-refractivity contribution in [1.29, 1.82) is 0 Å². The van der Waals surface area contributed by atoms with Gasteiger partial charge in [0, 0.05) is 42.8 Å². The number of aliphatic imine (C=N–C) groups is 3. The second kappa shape index (κ2) is 16.5. The van der Waals surface area contributed by atoms with Gasteiger partial charge >= 0.3 is 0 Å². The quantitative estimate of drug-likeness (QED) is 0.130. The number of carbonyl (C=O) groups excluding carboxylic acids is 3. The van der Waals surface area contributed by atoms with E-state index in [2.05, 4.69) is 15.0 Å². The molecular formula is C49H40N3O9P3. The van der Waals surface area contributed by atoms with Crippen molar-refractivity contribution >= 4 is 94.2 Å². The lowest BCUT2D eigenvalue weighted by atomic mass is 10.0. The van der Waals surface area contributed by atoms with Crippen molar-refractivity contribution < 1.29 is 43.4 Å². The number of benzene rings is 4. The Hall–Kier alpha value is -6.57. The summed E-state index contributed by atoms with van der Waals surface area (Å²) < 4.78 is 41.2. The molecule has 64 heavy (non-hydrogen) atoms. The summed E-state index contributed by atoms with van der Waals surface area (Å²) in [7, 11) is -9.10. The van der Waals surface area contributed by atoms with Crippen molar-refractivity contribution in [3.8, 4) is 17.2 Å². The number of rotatable bonds is 2. The third kappa shape index (κ3) is 7.56. The average Bonchev–Trinajstić information content (AvgIpc) is 3.29. The number of carbonyl (C=O) groups is 3.